The molecular weight excluding hydrogens is 472 g/mol. The van der Waals surface area contributed by atoms with Crippen molar-refractivity contribution in [3.05, 3.63) is 57.2 Å². The van der Waals surface area contributed by atoms with E-state index in [9.17, 15) is 14.3 Å². The summed E-state index contributed by atoms with van der Waals surface area (Å²) in [7, 11) is 0. The van der Waals surface area contributed by atoms with E-state index in [0.29, 0.717) is 31.8 Å². The number of allylic oxidation sites excluding steroid dienone is 1. The molecule has 0 bridgehead atoms. The SMILES string of the molecule is O=C(NN1CCC(NCC(O)COc2ccc(Cl)c(F)c2)CC1)c1cc2c(o1)CCC(Cl)=C2. The first-order valence-corrected chi connectivity index (χ1v) is 11.7. The largest absolute Gasteiger partial charge is 0.491 e. The second-order valence-electron chi connectivity index (χ2n) is 8.23. The third kappa shape index (κ3) is 6.49. The standard InChI is InChI=1S/C23H26Cl2FN3O4/c24-15-1-4-21-14(9-15)10-22(33-21)23(31)28-29-7-5-16(6-8-29)27-12-17(30)13-32-18-2-3-19(25)20(26)11-18/h2-3,9-11,16-17,27,30H,1,4-8,12-13H2,(H,28,31). The number of aliphatic hydroxyl groups is 1. The summed E-state index contributed by atoms with van der Waals surface area (Å²) in [5, 5.41) is 16.1. The number of carbonyl (C=O) groups is 1. The zero-order valence-electron chi connectivity index (χ0n) is 18.0. The fourth-order valence-corrected chi connectivity index (χ4v) is 4.19. The van der Waals surface area contributed by atoms with Crippen molar-refractivity contribution < 1.29 is 23.4 Å². The Morgan fingerprint density at radius 2 is 2.06 bits per heavy atom. The Morgan fingerprint density at radius 3 is 2.82 bits per heavy atom. The van der Waals surface area contributed by atoms with E-state index in [1.807, 2.05) is 11.1 Å². The summed E-state index contributed by atoms with van der Waals surface area (Å²) < 4.78 is 24.5. The number of fused-ring (bicyclic) bond motifs is 1. The number of aryl methyl sites for hydroxylation is 1. The number of amides is 1. The molecule has 178 valence electrons. The third-order valence-electron chi connectivity index (χ3n) is 5.70. The Bertz CT molecular complexity index is 1020. The summed E-state index contributed by atoms with van der Waals surface area (Å²) in [4.78, 5) is 12.5. The van der Waals surface area contributed by atoms with Gasteiger partial charge in [-0.1, -0.05) is 23.2 Å². The highest BCUT2D eigenvalue weighted by Gasteiger charge is 2.24. The minimum atomic E-state index is -0.742. The second kappa shape index (κ2) is 10.9. The van der Waals surface area contributed by atoms with Crippen LogP contribution in [0, 0.1) is 5.82 Å². The molecule has 1 saturated heterocycles. The number of halogens is 3. The topological polar surface area (TPSA) is 87.0 Å². The van der Waals surface area contributed by atoms with Crippen LogP contribution in [-0.4, -0.2) is 54.4 Å². The van der Waals surface area contributed by atoms with Crippen LogP contribution in [0.15, 0.2) is 33.7 Å². The lowest BCUT2D eigenvalue weighted by Gasteiger charge is -2.32. The van der Waals surface area contributed by atoms with Crippen molar-refractivity contribution in [1.29, 1.82) is 0 Å². The van der Waals surface area contributed by atoms with Gasteiger partial charge in [0.15, 0.2) is 5.76 Å². The molecule has 2 aromatic rings. The number of rotatable bonds is 8. The molecule has 33 heavy (non-hydrogen) atoms. The number of ether oxygens (including phenoxy) is 1. The fraction of sp³-hybridized carbons (Fsp3) is 0.435. The van der Waals surface area contributed by atoms with Crippen molar-refractivity contribution in [3.63, 3.8) is 0 Å². The number of carbonyl (C=O) groups excluding carboxylic acids is 1. The summed E-state index contributed by atoms with van der Waals surface area (Å²) in [6.07, 6.45) is 4.14. The van der Waals surface area contributed by atoms with E-state index in [1.54, 1.807) is 12.1 Å². The van der Waals surface area contributed by atoms with E-state index in [2.05, 4.69) is 10.7 Å². The van der Waals surface area contributed by atoms with Gasteiger partial charge in [-0.2, -0.15) is 0 Å². The first-order valence-electron chi connectivity index (χ1n) is 10.9. The maximum atomic E-state index is 13.4. The van der Waals surface area contributed by atoms with Crippen LogP contribution in [-0.2, 0) is 6.42 Å². The highest BCUT2D eigenvalue weighted by Crippen LogP contribution is 2.28. The summed E-state index contributed by atoms with van der Waals surface area (Å²) in [6.45, 7) is 1.73. The summed E-state index contributed by atoms with van der Waals surface area (Å²) in [5.41, 5.74) is 3.76. The average Bonchev–Trinajstić information content (AvgIpc) is 3.23. The fourth-order valence-electron chi connectivity index (χ4n) is 3.86. The molecule has 0 spiro atoms. The van der Waals surface area contributed by atoms with Gasteiger partial charge in [0, 0.05) is 48.8 Å². The van der Waals surface area contributed by atoms with Crippen LogP contribution in [0.25, 0.3) is 6.08 Å². The Balaban J connectivity index is 1.15. The molecule has 1 aromatic carbocycles. The van der Waals surface area contributed by atoms with E-state index < -0.39 is 11.9 Å². The first-order chi connectivity index (χ1) is 15.9. The molecule has 4 rings (SSSR count). The lowest BCUT2D eigenvalue weighted by atomic mass is 10.1. The minimum absolute atomic E-state index is 0.0254. The average molecular weight is 498 g/mol. The van der Waals surface area contributed by atoms with Gasteiger partial charge in [-0.05, 0) is 43.5 Å². The van der Waals surface area contributed by atoms with Gasteiger partial charge in [0.25, 0.3) is 0 Å². The molecule has 1 unspecified atom stereocenters. The Kier molecular flexibility index (Phi) is 7.93. The van der Waals surface area contributed by atoms with E-state index >= 15 is 0 Å². The Morgan fingerprint density at radius 1 is 1.27 bits per heavy atom. The minimum Gasteiger partial charge on any atom is -0.491 e. The third-order valence-corrected chi connectivity index (χ3v) is 6.30. The van der Waals surface area contributed by atoms with Gasteiger partial charge in [0.1, 0.15) is 30.0 Å². The number of furan rings is 1. The quantitative estimate of drug-likeness (QED) is 0.514. The number of nitrogens with one attached hydrogen (secondary N) is 2. The van der Waals surface area contributed by atoms with Crippen molar-refractivity contribution in [3.8, 4) is 5.75 Å². The first kappa shape index (κ1) is 24.0. The highest BCUT2D eigenvalue weighted by atomic mass is 35.5. The molecule has 1 atom stereocenters. The number of benzene rings is 1. The number of hydrogen-bond donors (Lipinski definition) is 3. The van der Waals surface area contributed by atoms with Crippen LogP contribution in [0.3, 0.4) is 0 Å². The number of aliphatic hydroxyl groups excluding tert-OH is 1. The van der Waals surface area contributed by atoms with Gasteiger partial charge in [-0.3, -0.25) is 10.2 Å². The molecule has 2 aliphatic rings. The maximum absolute atomic E-state index is 13.4. The van der Waals surface area contributed by atoms with Crippen molar-refractivity contribution in [2.45, 2.75) is 37.8 Å². The molecule has 1 amide bonds. The maximum Gasteiger partial charge on any atom is 0.301 e. The normalized spacial score (nSPS) is 17.9. The second-order valence-corrected chi connectivity index (χ2v) is 9.12. The Hall–Kier alpha value is -2.10. The van der Waals surface area contributed by atoms with Gasteiger partial charge >= 0.3 is 5.91 Å². The van der Waals surface area contributed by atoms with Crippen LogP contribution in [0.5, 0.6) is 5.75 Å². The van der Waals surface area contributed by atoms with Crippen LogP contribution < -0.4 is 15.5 Å². The molecule has 1 aliphatic carbocycles. The monoisotopic (exact) mass is 497 g/mol. The van der Waals surface area contributed by atoms with Gasteiger partial charge in [0.2, 0.25) is 0 Å². The van der Waals surface area contributed by atoms with Gasteiger partial charge in [-0.25, -0.2) is 9.40 Å². The zero-order chi connectivity index (χ0) is 23.4. The van der Waals surface area contributed by atoms with Crippen LogP contribution in [0.4, 0.5) is 4.39 Å². The number of piperidine rings is 1. The van der Waals surface area contributed by atoms with Crippen molar-refractivity contribution in [2.24, 2.45) is 0 Å². The van der Waals surface area contributed by atoms with Crippen LogP contribution >= 0.6 is 23.2 Å². The number of hydrazine groups is 1. The highest BCUT2D eigenvalue weighted by molar-refractivity contribution is 6.31. The van der Waals surface area contributed by atoms with Crippen molar-refractivity contribution in [1.82, 2.24) is 15.8 Å². The molecule has 1 fully saturated rings. The van der Waals surface area contributed by atoms with Gasteiger partial charge in [0.05, 0.1) is 5.02 Å². The van der Waals surface area contributed by atoms with E-state index in [4.69, 9.17) is 32.4 Å². The molecule has 0 saturated carbocycles. The lowest BCUT2D eigenvalue weighted by Crippen LogP contribution is -2.51. The predicted octanol–water partition coefficient (Wildman–Crippen LogP) is 3.74. The predicted molar refractivity (Wildman–Crippen MR) is 124 cm³/mol. The number of nitrogens with zero attached hydrogens (tertiary/aromatic N) is 1. The summed E-state index contributed by atoms with van der Waals surface area (Å²) >= 11 is 11.7. The van der Waals surface area contributed by atoms with Gasteiger partial charge in [-0.15, -0.1) is 0 Å². The molecular formula is C23H26Cl2FN3O4. The molecule has 0 radical (unpaired) electrons. The molecule has 1 aliphatic heterocycles. The lowest BCUT2D eigenvalue weighted by molar-refractivity contribution is 0.0671. The molecule has 2 heterocycles. The van der Waals surface area contributed by atoms with Gasteiger partial charge < -0.3 is 19.6 Å². The number of hydrogen-bond acceptors (Lipinski definition) is 6. The zero-order valence-corrected chi connectivity index (χ0v) is 19.5. The molecule has 3 N–H and O–H groups in total. The summed E-state index contributed by atoms with van der Waals surface area (Å²) in [6, 6.07) is 6.10. The Labute approximate surface area is 201 Å². The molecule has 1 aromatic heterocycles. The van der Waals surface area contributed by atoms with Crippen molar-refractivity contribution in [2.75, 3.05) is 26.2 Å². The van der Waals surface area contributed by atoms with Crippen molar-refractivity contribution >= 4 is 35.2 Å². The summed E-state index contributed by atoms with van der Waals surface area (Å²) in [5.74, 6) is 0.555. The van der Waals surface area contributed by atoms with Crippen LogP contribution in [0.2, 0.25) is 5.02 Å². The van der Waals surface area contributed by atoms with Crippen LogP contribution in [0.1, 0.15) is 41.1 Å². The molecule has 7 nitrogen and oxygen atoms in total. The van der Waals surface area contributed by atoms with E-state index in [0.717, 1.165) is 35.6 Å². The smallest absolute Gasteiger partial charge is 0.301 e. The van der Waals surface area contributed by atoms with E-state index in [1.165, 1.54) is 12.1 Å². The van der Waals surface area contributed by atoms with E-state index in [-0.39, 0.29) is 29.3 Å². The molecule has 10 heteroatoms.